The lowest BCUT2D eigenvalue weighted by molar-refractivity contribution is -0.120. The number of halogens is 1. The van der Waals surface area contributed by atoms with Crippen LogP contribution >= 0.6 is 0 Å². The number of sulfonamides is 1. The first kappa shape index (κ1) is 19.8. The summed E-state index contributed by atoms with van der Waals surface area (Å²) >= 11 is 0. The first-order chi connectivity index (χ1) is 13.3. The Morgan fingerprint density at radius 2 is 1.61 bits per heavy atom. The maximum absolute atomic E-state index is 14.6. The molecular weight excluding hydrogens is 377 g/mol. The smallest absolute Gasteiger partial charge is 0.264 e. The average Bonchev–Trinajstić information content (AvgIpc) is 2.68. The molecule has 3 rings (SSSR count). The zero-order valence-electron chi connectivity index (χ0n) is 15.5. The molecule has 0 aliphatic rings. The van der Waals surface area contributed by atoms with Crippen molar-refractivity contribution < 1.29 is 17.6 Å². The molecule has 0 aromatic heterocycles. The predicted octanol–water partition coefficient (Wildman–Crippen LogP) is 4.41. The van der Waals surface area contributed by atoms with E-state index in [1.165, 1.54) is 25.1 Å². The second kappa shape index (κ2) is 7.94. The molecule has 0 heterocycles. The van der Waals surface area contributed by atoms with E-state index < -0.39 is 27.7 Å². The average molecular weight is 397 g/mol. The van der Waals surface area contributed by atoms with Gasteiger partial charge in [-0.3, -0.25) is 4.79 Å². The van der Waals surface area contributed by atoms with E-state index >= 15 is 0 Å². The minimum Gasteiger partial charge on any atom is -0.273 e. The molecule has 0 unspecified atom stereocenters. The van der Waals surface area contributed by atoms with Crippen molar-refractivity contribution in [3.63, 3.8) is 0 Å². The highest BCUT2D eigenvalue weighted by atomic mass is 32.2. The number of carbonyl (C=O) groups excluding carboxylic acids is 1. The second-order valence-corrected chi connectivity index (χ2v) is 8.29. The summed E-state index contributed by atoms with van der Waals surface area (Å²) in [5.41, 5.74) is 2.45. The van der Waals surface area contributed by atoms with Crippen molar-refractivity contribution in [2.24, 2.45) is 0 Å². The van der Waals surface area contributed by atoms with E-state index in [2.05, 4.69) is 4.72 Å². The lowest BCUT2D eigenvalue weighted by atomic mass is 9.96. The maximum Gasteiger partial charge on any atom is 0.264 e. The molecular formula is C22H20FNO3S. The Bertz CT molecular complexity index is 1090. The summed E-state index contributed by atoms with van der Waals surface area (Å²) in [6, 6.07) is 19.7. The van der Waals surface area contributed by atoms with Crippen molar-refractivity contribution in [2.75, 3.05) is 0 Å². The van der Waals surface area contributed by atoms with Crippen LogP contribution in [-0.4, -0.2) is 14.3 Å². The van der Waals surface area contributed by atoms with Crippen LogP contribution in [0.4, 0.5) is 4.39 Å². The van der Waals surface area contributed by atoms with Crippen molar-refractivity contribution in [3.05, 3.63) is 89.7 Å². The van der Waals surface area contributed by atoms with Gasteiger partial charge in [0.05, 0.1) is 10.8 Å². The van der Waals surface area contributed by atoms with E-state index in [-0.39, 0.29) is 4.90 Å². The molecule has 0 radical (unpaired) electrons. The van der Waals surface area contributed by atoms with Gasteiger partial charge in [-0.25, -0.2) is 17.5 Å². The highest BCUT2D eigenvalue weighted by Gasteiger charge is 2.23. The molecule has 144 valence electrons. The molecule has 6 heteroatoms. The van der Waals surface area contributed by atoms with Gasteiger partial charge in [0, 0.05) is 5.56 Å². The largest absolute Gasteiger partial charge is 0.273 e. The van der Waals surface area contributed by atoms with Crippen LogP contribution in [0.1, 0.15) is 24.0 Å². The van der Waals surface area contributed by atoms with Crippen LogP contribution in [0, 0.1) is 12.7 Å². The van der Waals surface area contributed by atoms with Gasteiger partial charge in [0.1, 0.15) is 5.82 Å². The van der Waals surface area contributed by atoms with E-state index in [0.717, 1.165) is 11.1 Å². The number of aryl methyl sites for hydroxylation is 1. The van der Waals surface area contributed by atoms with Gasteiger partial charge in [-0.1, -0.05) is 60.2 Å². The van der Waals surface area contributed by atoms with Gasteiger partial charge in [-0.2, -0.15) is 0 Å². The van der Waals surface area contributed by atoms with E-state index in [1.54, 1.807) is 36.4 Å². The molecule has 1 atom stereocenters. The Kier molecular flexibility index (Phi) is 5.61. The number of hydrogen-bond acceptors (Lipinski definition) is 3. The molecule has 0 aliphatic carbocycles. The highest BCUT2D eigenvalue weighted by molar-refractivity contribution is 7.90. The minimum atomic E-state index is -3.98. The topological polar surface area (TPSA) is 63.2 Å². The first-order valence-electron chi connectivity index (χ1n) is 8.76. The molecule has 0 fully saturated rings. The normalized spacial score (nSPS) is 12.4. The van der Waals surface area contributed by atoms with Crippen molar-refractivity contribution in [1.82, 2.24) is 4.72 Å². The molecule has 1 N–H and O–H groups in total. The number of nitrogens with one attached hydrogen (secondary N) is 1. The van der Waals surface area contributed by atoms with E-state index in [4.69, 9.17) is 0 Å². The van der Waals surface area contributed by atoms with E-state index in [1.807, 2.05) is 25.1 Å². The fraction of sp³-hybridized carbons (Fsp3) is 0.136. The third-order valence-electron chi connectivity index (χ3n) is 4.54. The lowest BCUT2D eigenvalue weighted by Gasteiger charge is -2.14. The van der Waals surface area contributed by atoms with E-state index in [0.29, 0.717) is 11.1 Å². The van der Waals surface area contributed by atoms with Gasteiger partial charge in [-0.15, -0.1) is 0 Å². The third-order valence-corrected chi connectivity index (χ3v) is 5.90. The first-order valence-corrected chi connectivity index (χ1v) is 10.2. The molecule has 0 spiro atoms. The second-order valence-electron chi connectivity index (χ2n) is 6.61. The molecule has 0 saturated heterocycles. The summed E-state index contributed by atoms with van der Waals surface area (Å²) in [5.74, 6) is -2.02. The molecule has 0 saturated carbocycles. The van der Waals surface area contributed by atoms with Crippen LogP contribution in [0.2, 0.25) is 0 Å². The summed E-state index contributed by atoms with van der Waals surface area (Å²) < 4.78 is 41.4. The SMILES string of the molecule is Cc1ccc(S(=O)(=O)NC(=O)[C@H](C)c2ccc(-c3ccccc3)c(F)c2)cc1. The number of carbonyl (C=O) groups is 1. The molecule has 0 aliphatic heterocycles. The monoisotopic (exact) mass is 397 g/mol. The number of benzene rings is 3. The molecule has 28 heavy (non-hydrogen) atoms. The van der Waals surface area contributed by atoms with Crippen LogP contribution < -0.4 is 4.72 Å². The zero-order valence-corrected chi connectivity index (χ0v) is 16.3. The Morgan fingerprint density at radius 3 is 2.21 bits per heavy atom. The van der Waals surface area contributed by atoms with Crippen LogP contribution in [-0.2, 0) is 14.8 Å². The predicted molar refractivity (Wildman–Crippen MR) is 107 cm³/mol. The Morgan fingerprint density at radius 1 is 0.964 bits per heavy atom. The van der Waals surface area contributed by atoms with E-state index in [9.17, 15) is 17.6 Å². The molecule has 1 amide bonds. The molecule has 3 aromatic carbocycles. The van der Waals surface area contributed by atoms with Crippen LogP contribution in [0.15, 0.2) is 77.7 Å². The number of rotatable bonds is 5. The Hall–Kier alpha value is -2.99. The lowest BCUT2D eigenvalue weighted by Crippen LogP contribution is -2.33. The highest BCUT2D eigenvalue weighted by Crippen LogP contribution is 2.26. The van der Waals surface area contributed by atoms with Gasteiger partial charge in [0.2, 0.25) is 5.91 Å². The van der Waals surface area contributed by atoms with Gasteiger partial charge >= 0.3 is 0 Å². The van der Waals surface area contributed by atoms with Crippen molar-refractivity contribution >= 4 is 15.9 Å². The summed E-state index contributed by atoms with van der Waals surface area (Å²) in [4.78, 5) is 12.5. The Balaban J connectivity index is 1.80. The molecule has 3 aromatic rings. The van der Waals surface area contributed by atoms with Gasteiger partial charge in [0.25, 0.3) is 10.0 Å². The standard InChI is InChI=1S/C22H20FNO3S/c1-15-8-11-19(12-9-15)28(26,27)24-22(25)16(2)18-10-13-20(21(23)14-18)17-6-4-3-5-7-17/h3-14,16H,1-2H3,(H,24,25)/t16-/m1/s1. The maximum atomic E-state index is 14.6. The van der Waals surface area contributed by atoms with Gasteiger partial charge in [0.15, 0.2) is 0 Å². The van der Waals surface area contributed by atoms with Gasteiger partial charge < -0.3 is 0 Å². The fourth-order valence-corrected chi connectivity index (χ4v) is 3.85. The summed E-state index contributed by atoms with van der Waals surface area (Å²) in [7, 11) is -3.98. The number of hydrogen-bond donors (Lipinski definition) is 1. The quantitative estimate of drug-likeness (QED) is 0.694. The fourth-order valence-electron chi connectivity index (χ4n) is 2.80. The summed E-state index contributed by atoms with van der Waals surface area (Å²) in [6.07, 6.45) is 0. The Labute approximate surface area is 164 Å². The molecule has 4 nitrogen and oxygen atoms in total. The molecule has 0 bridgehead atoms. The van der Waals surface area contributed by atoms with Gasteiger partial charge in [-0.05, 0) is 43.2 Å². The zero-order chi connectivity index (χ0) is 20.3. The number of amides is 1. The third kappa shape index (κ3) is 4.28. The van der Waals surface area contributed by atoms with Crippen molar-refractivity contribution in [1.29, 1.82) is 0 Å². The van der Waals surface area contributed by atoms with Crippen LogP contribution in [0.3, 0.4) is 0 Å². The van der Waals surface area contributed by atoms with Crippen molar-refractivity contribution in [3.8, 4) is 11.1 Å². The van der Waals surface area contributed by atoms with Crippen molar-refractivity contribution in [2.45, 2.75) is 24.7 Å². The van der Waals surface area contributed by atoms with Crippen LogP contribution in [0.5, 0.6) is 0 Å². The summed E-state index contributed by atoms with van der Waals surface area (Å²) in [6.45, 7) is 3.38. The van der Waals surface area contributed by atoms with Crippen LogP contribution in [0.25, 0.3) is 11.1 Å². The summed E-state index contributed by atoms with van der Waals surface area (Å²) in [5, 5.41) is 0. The minimum absolute atomic E-state index is 0.00394.